The molecule has 80 valence electrons. The summed E-state index contributed by atoms with van der Waals surface area (Å²) in [6, 6.07) is 19.4. The third kappa shape index (κ3) is 2.99. The molecule has 0 aliphatic carbocycles. The highest BCUT2D eigenvalue weighted by Gasteiger charge is 2.17. The molecule has 0 bridgehead atoms. The molecule has 1 atom stereocenters. The highest BCUT2D eigenvalue weighted by molar-refractivity contribution is 7.51. The molecule has 2 aromatic carbocycles. The molecule has 0 aliphatic rings. The van der Waals surface area contributed by atoms with Gasteiger partial charge in [-0.1, -0.05) is 53.6 Å². The Kier molecular flexibility index (Phi) is 3.81. The first-order valence-corrected chi connectivity index (χ1v) is 6.42. The number of rotatable bonds is 4. The van der Waals surface area contributed by atoms with Gasteiger partial charge in [-0.25, -0.2) is 0 Å². The second kappa shape index (κ2) is 5.55. The van der Waals surface area contributed by atoms with Gasteiger partial charge in [0.25, 0.3) is 0 Å². The van der Waals surface area contributed by atoms with E-state index in [0.29, 0.717) is 6.54 Å². The lowest BCUT2D eigenvalue weighted by Gasteiger charge is -1.95. The van der Waals surface area contributed by atoms with E-state index in [9.17, 15) is 4.57 Å². The van der Waals surface area contributed by atoms with Crippen molar-refractivity contribution in [3.05, 3.63) is 66.2 Å². The highest BCUT2D eigenvalue weighted by atomic mass is 31.1. The lowest BCUT2D eigenvalue weighted by atomic mass is 10.2. The standard InChI is InChI=1S/C13H13NOP/c15-16(13-9-5-2-6-10-13)14-11-12-7-3-1-4-8-12/h1-10H,11H2,(H,14,15)/q+1. The van der Waals surface area contributed by atoms with E-state index < -0.39 is 7.95 Å². The second-order valence-corrected chi connectivity index (χ2v) is 4.87. The van der Waals surface area contributed by atoms with Gasteiger partial charge >= 0.3 is 7.95 Å². The maximum absolute atomic E-state index is 11.9. The molecule has 16 heavy (non-hydrogen) atoms. The zero-order valence-corrected chi connectivity index (χ0v) is 9.73. The normalized spacial score (nSPS) is 11.1. The molecule has 2 nitrogen and oxygen atoms in total. The van der Waals surface area contributed by atoms with Crippen molar-refractivity contribution in [1.82, 2.24) is 5.09 Å². The van der Waals surface area contributed by atoms with Crippen molar-refractivity contribution in [3.63, 3.8) is 0 Å². The van der Waals surface area contributed by atoms with E-state index in [0.717, 1.165) is 10.9 Å². The van der Waals surface area contributed by atoms with Gasteiger partial charge in [0.2, 0.25) is 5.30 Å². The van der Waals surface area contributed by atoms with Crippen LogP contribution in [0.15, 0.2) is 60.7 Å². The molecule has 0 amide bonds. The zero-order chi connectivity index (χ0) is 11.2. The number of nitrogens with one attached hydrogen (secondary N) is 1. The number of hydrogen-bond donors (Lipinski definition) is 1. The van der Waals surface area contributed by atoms with Gasteiger partial charge in [0.1, 0.15) is 0 Å². The molecular formula is C13H13NOP+. The van der Waals surface area contributed by atoms with Crippen LogP contribution < -0.4 is 10.4 Å². The van der Waals surface area contributed by atoms with E-state index in [1.165, 1.54) is 0 Å². The average molecular weight is 230 g/mol. The van der Waals surface area contributed by atoms with E-state index in [1.807, 2.05) is 60.7 Å². The summed E-state index contributed by atoms with van der Waals surface area (Å²) in [6.07, 6.45) is 0. The fraction of sp³-hybridized carbons (Fsp3) is 0.0769. The summed E-state index contributed by atoms with van der Waals surface area (Å²) in [6.45, 7) is 0.630. The molecule has 0 saturated carbocycles. The maximum Gasteiger partial charge on any atom is 0.471 e. The lowest BCUT2D eigenvalue weighted by Crippen LogP contribution is -2.10. The fourth-order valence-electron chi connectivity index (χ4n) is 1.41. The Morgan fingerprint density at radius 3 is 2.06 bits per heavy atom. The van der Waals surface area contributed by atoms with E-state index in [2.05, 4.69) is 5.09 Å². The van der Waals surface area contributed by atoms with Crippen LogP contribution in [-0.4, -0.2) is 0 Å². The van der Waals surface area contributed by atoms with Crippen molar-refractivity contribution < 1.29 is 4.57 Å². The molecular weight excluding hydrogens is 217 g/mol. The Labute approximate surface area is 96.2 Å². The first-order chi connectivity index (χ1) is 7.86. The van der Waals surface area contributed by atoms with Gasteiger partial charge in [-0.2, -0.15) is 0 Å². The van der Waals surface area contributed by atoms with Gasteiger partial charge in [-0.05, 0) is 22.3 Å². The highest BCUT2D eigenvalue weighted by Crippen LogP contribution is 2.14. The zero-order valence-electron chi connectivity index (χ0n) is 8.84. The minimum absolute atomic E-state index is 0.630. The summed E-state index contributed by atoms with van der Waals surface area (Å²) in [7, 11) is -1.50. The van der Waals surface area contributed by atoms with Crippen molar-refractivity contribution in [3.8, 4) is 0 Å². The Morgan fingerprint density at radius 2 is 1.44 bits per heavy atom. The Balaban J connectivity index is 1.95. The first kappa shape index (κ1) is 11.0. The molecule has 0 aliphatic heterocycles. The second-order valence-electron chi connectivity index (χ2n) is 3.45. The summed E-state index contributed by atoms with van der Waals surface area (Å²) < 4.78 is 11.9. The molecule has 3 heteroatoms. The van der Waals surface area contributed by atoms with E-state index >= 15 is 0 Å². The molecule has 2 rings (SSSR count). The number of hydrogen-bond acceptors (Lipinski definition) is 1. The topological polar surface area (TPSA) is 29.1 Å². The minimum Gasteiger partial charge on any atom is -0.0998 e. The van der Waals surface area contributed by atoms with Crippen molar-refractivity contribution in [2.24, 2.45) is 0 Å². The quantitative estimate of drug-likeness (QED) is 0.818. The molecule has 0 fully saturated rings. The molecule has 0 saturated heterocycles. The molecule has 0 heterocycles. The third-order valence-corrected chi connectivity index (χ3v) is 3.47. The van der Waals surface area contributed by atoms with Crippen molar-refractivity contribution in [2.75, 3.05) is 0 Å². The van der Waals surface area contributed by atoms with Crippen molar-refractivity contribution in [1.29, 1.82) is 0 Å². The van der Waals surface area contributed by atoms with Gasteiger partial charge in [0.05, 0.1) is 6.54 Å². The van der Waals surface area contributed by atoms with E-state index in [1.54, 1.807) is 0 Å². The summed E-state index contributed by atoms with van der Waals surface area (Å²) in [5, 5.41) is 3.87. The van der Waals surface area contributed by atoms with Crippen LogP contribution in [0.2, 0.25) is 0 Å². The Bertz CT molecular complexity index is 456. The van der Waals surface area contributed by atoms with Gasteiger partial charge in [0, 0.05) is 0 Å². The van der Waals surface area contributed by atoms with Crippen LogP contribution in [0.5, 0.6) is 0 Å². The monoisotopic (exact) mass is 230 g/mol. The van der Waals surface area contributed by atoms with Crippen LogP contribution in [0.3, 0.4) is 0 Å². The Morgan fingerprint density at radius 1 is 0.875 bits per heavy atom. The average Bonchev–Trinajstić information content (AvgIpc) is 2.38. The molecule has 0 radical (unpaired) electrons. The van der Waals surface area contributed by atoms with Crippen molar-refractivity contribution in [2.45, 2.75) is 6.54 Å². The van der Waals surface area contributed by atoms with Gasteiger partial charge in [0.15, 0.2) is 0 Å². The SMILES string of the molecule is O=[P+](NCc1ccccc1)c1ccccc1. The first-order valence-electron chi connectivity index (χ1n) is 5.16. The van der Waals surface area contributed by atoms with Crippen LogP contribution in [0.4, 0.5) is 0 Å². The van der Waals surface area contributed by atoms with Gasteiger partial charge < -0.3 is 0 Å². The summed E-state index contributed by atoms with van der Waals surface area (Å²) in [4.78, 5) is 0. The van der Waals surface area contributed by atoms with E-state index in [-0.39, 0.29) is 0 Å². The van der Waals surface area contributed by atoms with E-state index in [4.69, 9.17) is 0 Å². The summed E-state index contributed by atoms with van der Waals surface area (Å²) in [5.41, 5.74) is 1.14. The van der Waals surface area contributed by atoms with Gasteiger partial charge in [-0.3, -0.25) is 0 Å². The largest absolute Gasteiger partial charge is 0.471 e. The third-order valence-electron chi connectivity index (χ3n) is 2.26. The predicted octanol–water partition coefficient (Wildman–Crippen LogP) is 2.84. The van der Waals surface area contributed by atoms with Crippen LogP contribution in [0.1, 0.15) is 5.56 Å². The fourth-order valence-corrected chi connectivity index (χ4v) is 2.37. The Hall–Kier alpha value is -1.50. The minimum atomic E-state index is -1.50. The maximum atomic E-state index is 11.9. The smallest absolute Gasteiger partial charge is 0.0998 e. The summed E-state index contributed by atoms with van der Waals surface area (Å²) in [5.74, 6) is 0. The molecule has 0 spiro atoms. The van der Waals surface area contributed by atoms with Crippen LogP contribution in [0, 0.1) is 0 Å². The van der Waals surface area contributed by atoms with Crippen LogP contribution in [0.25, 0.3) is 0 Å². The van der Waals surface area contributed by atoms with Crippen molar-refractivity contribution >= 4 is 13.3 Å². The molecule has 1 N–H and O–H groups in total. The van der Waals surface area contributed by atoms with Gasteiger partial charge in [-0.15, -0.1) is 0 Å². The predicted molar refractivity (Wildman–Crippen MR) is 67.0 cm³/mol. The van der Waals surface area contributed by atoms with Crippen LogP contribution in [-0.2, 0) is 11.1 Å². The lowest BCUT2D eigenvalue weighted by molar-refractivity contribution is 0.585. The van der Waals surface area contributed by atoms with Crippen LogP contribution >= 0.6 is 7.95 Å². The molecule has 1 unspecified atom stereocenters. The summed E-state index contributed by atoms with van der Waals surface area (Å²) >= 11 is 0. The number of benzene rings is 2. The molecule has 2 aromatic rings. The molecule has 0 aromatic heterocycles.